The van der Waals surface area contributed by atoms with E-state index in [1.807, 2.05) is 20.8 Å². The number of aryl methyl sites for hydroxylation is 1. The number of ether oxygens (including phenoxy) is 1. The average molecular weight is 423 g/mol. The largest absolute Gasteiger partial charge is 0.481 e. The second-order valence-corrected chi connectivity index (χ2v) is 8.25. The molecule has 0 radical (unpaired) electrons. The van der Waals surface area contributed by atoms with Crippen molar-refractivity contribution in [2.24, 2.45) is 0 Å². The Hall–Kier alpha value is -2.39. The van der Waals surface area contributed by atoms with Crippen molar-refractivity contribution in [2.45, 2.75) is 33.3 Å². The molecule has 0 aliphatic rings. The predicted molar refractivity (Wildman–Crippen MR) is 111 cm³/mol. The number of carboxylic acids is 1. The monoisotopic (exact) mass is 422 g/mol. The molecule has 0 unspecified atom stereocenters. The van der Waals surface area contributed by atoms with E-state index < -0.39 is 5.97 Å². The first-order valence-corrected chi connectivity index (χ1v) is 10.7. The molecule has 2 heterocycles. The van der Waals surface area contributed by atoms with Crippen LogP contribution in [0.2, 0.25) is 0 Å². The fourth-order valence-electron chi connectivity index (χ4n) is 2.25. The first-order valence-electron chi connectivity index (χ1n) is 8.69. The Morgan fingerprint density at radius 2 is 2.04 bits per heavy atom. The number of thioether (sulfide) groups is 1. The minimum atomic E-state index is -0.976. The third-order valence-electron chi connectivity index (χ3n) is 3.44. The first kappa shape index (κ1) is 21.9. The number of hydrogen-bond acceptors (Lipinski definition) is 7. The van der Waals surface area contributed by atoms with Crippen molar-refractivity contribution >= 4 is 45.8 Å². The highest BCUT2D eigenvalue weighted by molar-refractivity contribution is 8.00. The second-order valence-electron chi connectivity index (χ2n) is 6.12. The summed E-state index contributed by atoms with van der Waals surface area (Å²) in [6.07, 6.45) is 2.17. The minimum Gasteiger partial charge on any atom is -0.481 e. The van der Waals surface area contributed by atoms with Crippen LogP contribution in [-0.4, -0.2) is 45.4 Å². The molecule has 9 heteroatoms. The second kappa shape index (κ2) is 10.2. The van der Waals surface area contributed by atoms with E-state index >= 15 is 0 Å². The summed E-state index contributed by atoms with van der Waals surface area (Å²) in [5.74, 6) is -1.27. The van der Waals surface area contributed by atoms with E-state index in [1.54, 1.807) is 18.2 Å². The Morgan fingerprint density at radius 3 is 2.61 bits per heavy atom. The number of pyridine rings is 1. The van der Waals surface area contributed by atoms with Gasteiger partial charge in [0.15, 0.2) is 5.78 Å². The minimum absolute atomic E-state index is 0.00207. The van der Waals surface area contributed by atoms with Crippen molar-refractivity contribution in [3.63, 3.8) is 0 Å². The van der Waals surface area contributed by atoms with Crippen molar-refractivity contribution < 1.29 is 24.2 Å². The van der Waals surface area contributed by atoms with Gasteiger partial charge < -0.3 is 15.2 Å². The molecule has 2 N–H and O–H groups in total. The van der Waals surface area contributed by atoms with Gasteiger partial charge in [-0.05, 0) is 32.4 Å². The highest BCUT2D eigenvalue weighted by atomic mass is 32.2. The Balaban J connectivity index is 2.15. The van der Waals surface area contributed by atoms with Gasteiger partial charge in [-0.1, -0.05) is 6.92 Å². The van der Waals surface area contributed by atoms with Crippen LogP contribution in [0, 0.1) is 0 Å². The molecule has 2 aromatic heterocycles. The molecule has 0 aliphatic heterocycles. The third kappa shape index (κ3) is 6.35. The van der Waals surface area contributed by atoms with Gasteiger partial charge in [0.05, 0.1) is 23.2 Å². The lowest BCUT2D eigenvalue weighted by Gasteiger charge is -2.09. The number of amides is 1. The molecule has 2 rings (SSSR count). The average Bonchev–Trinajstić information content (AvgIpc) is 3.03. The van der Waals surface area contributed by atoms with E-state index in [9.17, 15) is 14.4 Å². The highest BCUT2D eigenvalue weighted by Crippen LogP contribution is 2.31. The lowest BCUT2D eigenvalue weighted by atomic mass is 10.1. The fraction of sp³-hybridized carbons (Fsp3) is 0.368. The van der Waals surface area contributed by atoms with Crippen LogP contribution in [0.15, 0.2) is 24.4 Å². The van der Waals surface area contributed by atoms with Crippen molar-refractivity contribution in [2.75, 3.05) is 16.8 Å². The van der Waals surface area contributed by atoms with Crippen LogP contribution >= 0.6 is 23.1 Å². The van der Waals surface area contributed by atoms with E-state index in [0.717, 1.165) is 23.1 Å². The van der Waals surface area contributed by atoms with Gasteiger partial charge in [-0.15, -0.1) is 23.1 Å². The number of carboxylic acid groups (broad SMARTS) is 1. The molecule has 0 aromatic carbocycles. The zero-order valence-corrected chi connectivity index (χ0v) is 17.5. The lowest BCUT2D eigenvalue weighted by Crippen LogP contribution is -2.16. The van der Waals surface area contributed by atoms with Crippen LogP contribution in [0.5, 0.6) is 5.88 Å². The molecule has 1 amide bonds. The number of ketones is 1. The Morgan fingerprint density at radius 1 is 1.29 bits per heavy atom. The van der Waals surface area contributed by atoms with Gasteiger partial charge in [-0.2, -0.15) is 0 Å². The predicted octanol–water partition coefficient (Wildman–Crippen LogP) is 3.48. The molecular weight excluding hydrogens is 400 g/mol. The van der Waals surface area contributed by atoms with Gasteiger partial charge >= 0.3 is 5.97 Å². The van der Waals surface area contributed by atoms with Crippen LogP contribution < -0.4 is 10.1 Å². The molecule has 0 saturated carbocycles. The summed E-state index contributed by atoms with van der Waals surface area (Å²) in [7, 11) is 0. The molecular formula is C19H22N2O5S2. The lowest BCUT2D eigenvalue weighted by molar-refractivity contribution is -0.133. The van der Waals surface area contributed by atoms with Crippen molar-refractivity contribution in [3.8, 4) is 5.88 Å². The normalized spacial score (nSPS) is 10.7. The summed E-state index contributed by atoms with van der Waals surface area (Å²) in [5.41, 5.74) is 0.796. The summed E-state index contributed by atoms with van der Waals surface area (Å²) in [4.78, 5) is 40.7. The zero-order valence-electron chi connectivity index (χ0n) is 15.9. The number of carbonyl (C=O) groups excluding carboxylic acids is 2. The number of thiophene rings is 1. The maximum absolute atomic E-state index is 12.9. The fourth-order valence-corrected chi connectivity index (χ4v) is 3.80. The quantitative estimate of drug-likeness (QED) is 0.565. The molecule has 0 bridgehead atoms. The van der Waals surface area contributed by atoms with E-state index in [2.05, 4.69) is 10.3 Å². The number of aromatic nitrogens is 1. The number of aliphatic carboxylic acids is 1. The smallest absolute Gasteiger partial charge is 0.313 e. The van der Waals surface area contributed by atoms with Crippen LogP contribution in [0.25, 0.3) is 0 Å². The van der Waals surface area contributed by atoms with Crippen LogP contribution in [-0.2, 0) is 16.0 Å². The summed E-state index contributed by atoms with van der Waals surface area (Å²) in [5, 5.41) is 11.8. The highest BCUT2D eigenvalue weighted by Gasteiger charge is 2.19. The van der Waals surface area contributed by atoms with E-state index in [1.165, 1.54) is 17.5 Å². The molecule has 2 aromatic rings. The number of rotatable bonds is 10. The van der Waals surface area contributed by atoms with Gasteiger partial charge in [0.2, 0.25) is 11.8 Å². The van der Waals surface area contributed by atoms with Gasteiger partial charge in [-0.25, -0.2) is 4.98 Å². The maximum atomic E-state index is 12.9. The molecule has 0 saturated heterocycles. The Labute approximate surface area is 171 Å². The van der Waals surface area contributed by atoms with Gasteiger partial charge in [0, 0.05) is 22.7 Å². The third-order valence-corrected chi connectivity index (χ3v) is 5.56. The Bertz CT molecular complexity index is 847. The van der Waals surface area contributed by atoms with Crippen LogP contribution in [0.1, 0.15) is 41.6 Å². The Kier molecular flexibility index (Phi) is 8.01. The van der Waals surface area contributed by atoms with Gasteiger partial charge in [-0.3, -0.25) is 14.4 Å². The number of carbonyl (C=O) groups is 3. The molecule has 7 nitrogen and oxygen atoms in total. The van der Waals surface area contributed by atoms with Crippen molar-refractivity contribution in [1.82, 2.24) is 4.98 Å². The standard InChI is InChI=1S/C19H22N2O5S2/c1-4-13-7-14(19(28-13)21-15(22)9-27-10-17(23)24)18(25)12-5-6-16(20-8-12)26-11(2)3/h5-8,11H,4,9-10H2,1-3H3,(H,21,22)(H,23,24). The number of hydrogen-bond donors (Lipinski definition) is 2. The molecule has 28 heavy (non-hydrogen) atoms. The number of nitrogens with zero attached hydrogens (tertiary/aromatic N) is 1. The molecule has 0 aliphatic carbocycles. The topological polar surface area (TPSA) is 106 Å². The number of anilines is 1. The van der Waals surface area contributed by atoms with Gasteiger partial charge in [0.1, 0.15) is 5.00 Å². The first-order chi connectivity index (χ1) is 13.3. The number of nitrogens with one attached hydrogen (secondary N) is 1. The molecule has 150 valence electrons. The van der Waals surface area contributed by atoms with E-state index in [0.29, 0.717) is 22.0 Å². The summed E-state index contributed by atoms with van der Waals surface area (Å²) in [6.45, 7) is 5.75. The zero-order chi connectivity index (χ0) is 20.7. The summed E-state index contributed by atoms with van der Waals surface area (Å²) >= 11 is 2.34. The SMILES string of the molecule is CCc1cc(C(=O)c2ccc(OC(C)C)nc2)c(NC(=O)CSCC(=O)O)s1. The van der Waals surface area contributed by atoms with Crippen molar-refractivity contribution in [1.29, 1.82) is 0 Å². The molecule has 0 fully saturated rings. The summed E-state index contributed by atoms with van der Waals surface area (Å²) < 4.78 is 5.49. The molecule has 0 spiro atoms. The van der Waals surface area contributed by atoms with E-state index in [4.69, 9.17) is 9.84 Å². The van der Waals surface area contributed by atoms with Crippen LogP contribution in [0.3, 0.4) is 0 Å². The van der Waals surface area contributed by atoms with Crippen LogP contribution in [0.4, 0.5) is 5.00 Å². The van der Waals surface area contributed by atoms with E-state index in [-0.39, 0.29) is 29.3 Å². The maximum Gasteiger partial charge on any atom is 0.313 e. The summed E-state index contributed by atoms with van der Waals surface area (Å²) in [6, 6.07) is 5.05. The van der Waals surface area contributed by atoms with Gasteiger partial charge in [0.25, 0.3) is 0 Å². The molecule has 0 atom stereocenters. The van der Waals surface area contributed by atoms with Crippen molar-refractivity contribution in [3.05, 3.63) is 40.4 Å².